The summed E-state index contributed by atoms with van der Waals surface area (Å²) < 4.78 is 60.7. The number of benzene rings is 3. The van der Waals surface area contributed by atoms with Gasteiger partial charge in [0.1, 0.15) is 11.6 Å². The number of ether oxygens (including phenoxy) is 1. The number of aliphatic hydroxyl groups excluding tert-OH is 1. The maximum absolute atomic E-state index is 13.9. The predicted octanol–water partition coefficient (Wildman–Crippen LogP) is 6.76. The Morgan fingerprint density at radius 3 is 2.15 bits per heavy atom. The highest BCUT2D eigenvalue weighted by Crippen LogP contribution is 2.42. The maximum atomic E-state index is 13.9. The second kappa shape index (κ2) is 11.0. The first-order valence-corrected chi connectivity index (χ1v) is 11.2. The van der Waals surface area contributed by atoms with Crippen molar-refractivity contribution >= 4 is 0 Å². The number of aliphatic hydroxyl groups is 1. The topological polar surface area (TPSA) is 41.5 Å². The van der Waals surface area contributed by atoms with Crippen LogP contribution in [0, 0.1) is 11.7 Å². The van der Waals surface area contributed by atoms with Gasteiger partial charge in [-0.25, -0.2) is 4.39 Å². The molecule has 182 valence electrons. The van der Waals surface area contributed by atoms with Crippen LogP contribution in [0.1, 0.15) is 43.6 Å². The van der Waals surface area contributed by atoms with Gasteiger partial charge in [0.25, 0.3) is 0 Å². The minimum absolute atomic E-state index is 0.0288. The SMILES string of the molecule is CC(C)COc1c(C(F)(F)F)ccc(-c2ccccc2)c1CNC(C)C(O)c1ccc(F)cc1. The second-order valence-corrected chi connectivity index (χ2v) is 8.70. The number of hydrogen-bond acceptors (Lipinski definition) is 3. The van der Waals surface area contributed by atoms with Crippen molar-refractivity contribution < 1.29 is 27.4 Å². The van der Waals surface area contributed by atoms with Crippen molar-refractivity contribution in [3.63, 3.8) is 0 Å². The minimum Gasteiger partial charge on any atom is -0.492 e. The van der Waals surface area contributed by atoms with E-state index in [1.807, 2.05) is 44.2 Å². The van der Waals surface area contributed by atoms with Gasteiger partial charge in [-0.3, -0.25) is 0 Å². The van der Waals surface area contributed by atoms with E-state index in [4.69, 9.17) is 4.74 Å². The van der Waals surface area contributed by atoms with E-state index < -0.39 is 29.7 Å². The fraction of sp³-hybridized carbons (Fsp3) is 0.333. The average molecular weight is 476 g/mol. The van der Waals surface area contributed by atoms with Crippen molar-refractivity contribution in [1.29, 1.82) is 0 Å². The predicted molar refractivity (Wildman–Crippen MR) is 125 cm³/mol. The van der Waals surface area contributed by atoms with Crippen LogP contribution in [-0.4, -0.2) is 17.8 Å². The Hall–Kier alpha value is -2.90. The molecule has 0 aliphatic heterocycles. The maximum Gasteiger partial charge on any atom is 0.419 e. The Balaban J connectivity index is 2.00. The van der Waals surface area contributed by atoms with E-state index in [2.05, 4.69) is 5.32 Å². The summed E-state index contributed by atoms with van der Waals surface area (Å²) in [5.74, 6) is -0.597. The number of rotatable bonds is 9. The Morgan fingerprint density at radius 1 is 0.912 bits per heavy atom. The van der Waals surface area contributed by atoms with Gasteiger partial charge in [-0.05, 0) is 47.7 Å². The summed E-state index contributed by atoms with van der Waals surface area (Å²) in [4.78, 5) is 0. The van der Waals surface area contributed by atoms with Gasteiger partial charge in [0.15, 0.2) is 0 Å². The lowest BCUT2D eigenvalue weighted by Crippen LogP contribution is -2.32. The fourth-order valence-corrected chi connectivity index (χ4v) is 3.65. The molecular formula is C27H29F4NO2. The second-order valence-electron chi connectivity index (χ2n) is 8.70. The molecule has 0 heterocycles. The lowest BCUT2D eigenvalue weighted by Gasteiger charge is -2.25. The van der Waals surface area contributed by atoms with Crippen LogP contribution in [0.25, 0.3) is 11.1 Å². The summed E-state index contributed by atoms with van der Waals surface area (Å²) in [5, 5.41) is 13.8. The number of halogens is 4. The van der Waals surface area contributed by atoms with Crippen LogP contribution < -0.4 is 10.1 Å². The van der Waals surface area contributed by atoms with Crippen LogP contribution >= 0.6 is 0 Å². The van der Waals surface area contributed by atoms with Crippen molar-refractivity contribution in [2.45, 2.75) is 45.6 Å². The molecule has 0 spiro atoms. The molecule has 0 radical (unpaired) electrons. The zero-order chi connectivity index (χ0) is 24.9. The molecule has 0 saturated heterocycles. The molecule has 0 amide bonds. The fourth-order valence-electron chi connectivity index (χ4n) is 3.65. The van der Waals surface area contributed by atoms with E-state index in [9.17, 15) is 22.7 Å². The van der Waals surface area contributed by atoms with Gasteiger partial charge >= 0.3 is 6.18 Å². The van der Waals surface area contributed by atoms with Gasteiger partial charge < -0.3 is 15.2 Å². The summed E-state index contributed by atoms with van der Waals surface area (Å²) in [7, 11) is 0. The highest BCUT2D eigenvalue weighted by atomic mass is 19.4. The van der Waals surface area contributed by atoms with Crippen LogP contribution in [0.5, 0.6) is 5.75 Å². The first-order chi connectivity index (χ1) is 16.1. The largest absolute Gasteiger partial charge is 0.492 e. The molecule has 0 aliphatic rings. The third-order valence-corrected chi connectivity index (χ3v) is 5.50. The van der Waals surface area contributed by atoms with E-state index in [0.29, 0.717) is 16.7 Å². The van der Waals surface area contributed by atoms with Crippen LogP contribution in [0.2, 0.25) is 0 Å². The van der Waals surface area contributed by atoms with Crippen LogP contribution in [0.3, 0.4) is 0 Å². The Morgan fingerprint density at radius 2 is 1.56 bits per heavy atom. The highest BCUT2D eigenvalue weighted by Gasteiger charge is 2.36. The Bertz CT molecular complexity index is 1070. The lowest BCUT2D eigenvalue weighted by atomic mass is 9.95. The summed E-state index contributed by atoms with van der Waals surface area (Å²) in [6.45, 7) is 5.61. The number of hydrogen-bond donors (Lipinski definition) is 2. The number of alkyl halides is 3. The molecule has 0 fully saturated rings. The van der Waals surface area contributed by atoms with Crippen molar-refractivity contribution in [2.24, 2.45) is 5.92 Å². The molecule has 34 heavy (non-hydrogen) atoms. The molecule has 2 N–H and O–H groups in total. The Labute approximate surface area is 197 Å². The third kappa shape index (κ3) is 6.36. The molecule has 2 unspecified atom stereocenters. The molecular weight excluding hydrogens is 446 g/mol. The summed E-state index contributed by atoms with van der Waals surface area (Å²) in [6, 6.07) is 16.6. The normalized spacial score (nSPS) is 13.7. The molecule has 3 nitrogen and oxygen atoms in total. The van der Waals surface area contributed by atoms with Gasteiger partial charge in [0.05, 0.1) is 18.3 Å². The first-order valence-electron chi connectivity index (χ1n) is 11.2. The van der Waals surface area contributed by atoms with Crippen molar-refractivity contribution in [1.82, 2.24) is 5.32 Å². The highest BCUT2D eigenvalue weighted by molar-refractivity contribution is 5.71. The van der Waals surface area contributed by atoms with E-state index in [1.54, 1.807) is 6.92 Å². The molecule has 0 aliphatic carbocycles. The van der Waals surface area contributed by atoms with Crippen molar-refractivity contribution in [2.75, 3.05) is 6.61 Å². The van der Waals surface area contributed by atoms with E-state index in [1.165, 1.54) is 30.3 Å². The third-order valence-electron chi connectivity index (χ3n) is 5.50. The zero-order valence-corrected chi connectivity index (χ0v) is 19.4. The monoisotopic (exact) mass is 475 g/mol. The van der Waals surface area contributed by atoms with Crippen molar-refractivity contribution in [3.8, 4) is 16.9 Å². The average Bonchev–Trinajstić information content (AvgIpc) is 2.80. The van der Waals surface area contributed by atoms with Gasteiger partial charge in [-0.2, -0.15) is 13.2 Å². The molecule has 3 aromatic rings. The van der Waals surface area contributed by atoms with Gasteiger partial charge in [-0.15, -0.1) is 0 Å². The summed E-state index contributed by atoms with van der Waals surface area (Å²) >= 11 is 0. The molecule has 7 heteroatoms. The molecule has 3 aromatic carbocycles. The summed E-state index contributed by atoms with van der Waals surface area (Å²) in [6.07, 6.45) is -5.57. The van der Waals surface area contributed by atoms with Crippen LogP contribution in [0.15, 0.2) is 66.7 Å². The van der Waals surface area contributed by atoms with E-state index >= 15 is 0 Å². The van der Waals surface area contributed by atoms with E-state index in [-0.39, 0.29) is 24.8 Å². The molecule has 0 aromatic heterocycles. The Kier molecular flexibility index (Phi) is 8.33. The van der Waals surface area contributed by atoms with Crippen LogP contribution in [-0.2, 0) is 12.7 Å². The van der Waals surface area contributed by atoms with Gasteiger partial charge in [0.2, 0.25) is 0 Å². The minimum atomic E-state index is -4.59. The van der Waals surface area contributed by atoms with Crippen molar-refractivity contribution in [3.05, 3.63) is 89.2 Å². The van der Waals surface area contributed by atoms with Gasteiger partial charge in [-0.1, -0.05) is 62.4 Å². The zero-order valence-electron chi connectivity index (χ0n) is 19.4. The standard InChI is InChI=1S/C27H29F4NO2/c1-17(2)16-34-26-23(15-32-18(3)25(33)20-9-11-21(28)12-10-20)22(19-7-5-4-6-8-19)13-14-24(26)27(29,30)31/h4-14,17-18,25,32-33H,15-16H2,1-3H3. The van der Waals surface area contributed by atoms with E-state index in [0.717, 1.165) is 11.6 Å². The molecule has 0 saturated carbocycles. The summed E-state index contributed by atoms with van der Waals surface area (Å²) in [5.41, 5.74) is 1.40. The lowest BCUT2D eigenvalue weighted by molar-refractivity contribution is -0.139. The molecule has 0 bridgehead atoms. The number of nitrogens with one attached hydrogen (secondary N) is 1. The molecule has 3 rings (SSSR count). The smallest absolute Gasteiger partial charge is 0.419 e. The quantitative estimate of drug-likeness (QED) is 0.336. The van der Waals surface area contributed by atoms with Crippen LogP contribution in [0.4, 0.5) is 17.6 Å². The molecule has 2 atom stereocenters. The van der Waals surface area contributed by atoms with Gasteiger partial charge in [0, 0.05) is 18.2 Å². The first kappa shape index (κ1) is 25.7.